The van der Waals surface area contributed by atoms with Crippen molar-refractivity contribution in [2.24, 2.45) is 0 Å². The van der Waals surface area contributed by atoms with Crippen molar-refractivity contribution < 1.29 is 13.9 Å². The van der Waals surface area contributed by atoms with Crippen LogP contribution in [0.15, 0.2) is 42.6 Å². The van der Waals surface area contributed by atoms with E-state index >= 15 is 0 Å². The Morgan fingerprint density at radius 3 is 2.78 bits per heavy atom. The van der Waals surface area contributed by atoms with E-state index in [9.17, 15) is 9.18 Å². The molecule has 4 nitrogen and oxygen atoms in total. The summed E-state index contributed by atoms with van der Waals surface area (Å²) in [5.74, 6) is 2.15. The minimum Gasteiger partial charge on any atom is -0.473 e. The Hall–Kier alpha value is -2.08. The van der Waals surface area contributed by atoms with Crippen molar-refractivity contribution in [3.8, 4) is 5.88 Å². The van der Waals surface area contributed by atoms with E-state index in [1.165, 1.54) is 18.3 Å². The van der Waals surface area contributed by atoms with Crippen molar-refractivity contribution >= 4 is 17.7 Å². The summed E-state index contributed by atoms with van der Waals surface area (Å²) in [6.45, 7) is 0.344. The summed E-state index contributed by atoms with van der Waals surface area (Å²) in [5.41, 5.74) is 1.31. The molecule has 1 aromatic carbocycles. The molecule has 2 aromatic rings. The molecular formula is C17H17FN2O2S. The topological polar surface area (TPSA) is 51.2 Å². The minimum atomic E-state index is -0.291. The van der Waals surface area contributed by atoms with Crippen molar-refractivity contribution in [3.05, 3.63) is 59.5 Å². The first-order chi connectivity index (χ1) is 11.2. The van der Waals surface area contributed by atoms with Crippen LogP contribution in [0.3, 0.4) is 0 Å². The quantitative estimate of drug-likeness (QED) is 0.914. The van der Waals surface area contributed by atoms with Gasteiger partial charge in [-0.05, 0) is 35.9 Å². The predicted octanol–water partition coefficient (Wildman–Crippen LogP) is 3.04. The van der Waals surface area contributed by atoms with Crippen LogP contribution >= 0.6 is 11.8 Å². The Balaban J connectivity index is 1.53. The lowest BCUT2D eigenvalue weighted by atomic mass is 10.2. The number of nitrogens with zero attached hydrogens (tertiary/aromatic N) is 1. The maximum atomic E-state index is 12.8. The number of thioether (sulfide) groups is 1. The Morgan fingerprint density at radius 1 is 1.30 bits per heavy atom. The van der Waals surface area contributed by atoms with Gasteiger partial charge in [-0.1, -0.05) is 12.1 Å². The minimum absolute atomic E-state index is 0.214. The number of carbonyl (C=O) groups excluding carboxylic acids is 1. The van der Waals surface area contributed by atoms with E-state index in [2.05, 4.69) is 10.3 Å². The lowest BCUT2D eigenvalue weighted by molar-refractivity contribution is 0.0950. The van der Waals surface area contributed by atoms with Gasteiger partial charge in [0.2, 0.25) is 5.88 Å². The van der Waals surface area contributed by atoms with E-state index in [-0.39, 0.29) is 17.8 Å². The summed E-state index contributed by atoms with van der Waals surface area (Å²) in [6.07, 6.45) is 2.76. The normalized spacial score (nSPS) is 17.0. The first-order valence-electron chi connectivity index (χ1n) is 7.44. The molecule has 1 saturated heterocycles. The van der Waals surface area contributed by atoms with Crippen LogP contribution in [0.1, 0.15) is 22.3 Å². The number of halogens is 1. The predicted molar refractivity (Wildman–Crippen MR) is 88.2 cm³/mol. The molecule has 1 aliphatic heterocycles. The zero-order valence-electron chi connectivity index (χ0n) is 12.5. The molecule has 23 heavy (non-hydrogen) atoms. The number of amides is 1. The second kappa shape index (κ2) is 7.46. The molecule has 1 fully saturated rings. The molecule has 1 atom stereocenters. The van der Waals surface area contributed by atoms with Gasteiger partial charge < -0.3 is 10.1 Å². The van der Waals surface area contributed by atoms with E-state index in [4.69, 9.17) is 4.74 Å². The first-order valence-corrected chi connectivity index (χ1v) is 8.59. The average Bonchev–Trinajstić information content (AvgIpc) is 3.08. The van der Waals surface area contributed by atoms with Crippen LogP contribution in [0.2, 0.25) is 0 Å². The van der Waals surface area contributed by atoms with Crippen molar-refractivity contribution in [1.82, 2.24) is 10.3 Å². The number of hydrogen-bond donors (Lipinski definition) is 1. The van der Waals surface area contributed by atoms with Crippen LogP contribution in [0.5, 0.6) is 5.88 Å². The first kappa shape index (κ1) is 15.8. The summed E-state index contributed by atoms with van der Waals surface area (Å²) < 4.78 is 18.6. The van der Waals surface area contributed by atoms with Crippen LogP contribution in [0.25, 0.3) is 0 Å². The van der Waals surface area contributed by atoms with Crippen LogP contribution < -0.4 is 10.1 Å². The van der Waals surface area contributed by atoms with Crippen LogP contribution in [0.4, 0.5) is 4.39 Å². The molecule has 1 N–H and O–H groups in total. The smallest absolute Gasteiger partial charge is 0.253 e. The van der Waals surface area contributed by atoms with Gasteiger partial charge >= 0.3 is 0 Å². The number of carbonyl (C=O) groups is 1. The third-order valence-electron chi connectivity index (χ3n) is 3.54. The summed E-state index contributed by atoms with van der Waals surface area (Å²) in [4.78, 5) is 16.3. The molecule has 0 spiro atoms. The van der Waals surface area contributed by atoms with Gasteiger partial charge in [-0.2, -0.15) is 11.8 Å². The molecule has 6 heteroatoms. The van der Waals surface area contributed by atoms with Gasteiger partial charge in [-0.15, -0.1) is 0 Å². The molecule has 1 aliphatic rings. The van der Waals surface area contributed by atoms with E-state index in [1.807, 2.05) is 11.8 Å². The number of nitrogens with one attached hydrogen (secondary N) is 1. The highest BCUT2D eigenvalue weighted by atomic mass is 32.2. The number of ether oxygens (including phenoxy) is 1. The number of benzene rings is 1. The fourth-order valence-electron chi connectivity index (χ4n) is 2.25. The van der Waals surface area contributed by atoms with Gasteiger partial charge in [-0.25, -0.2) is 9.37 Å². The molecule has 120 valence electrons. The van der Waals surface area contributed by atoms with Crippen LogP contribution in [-0.4, -0.2) is 28.5 Å². The monoisotopic (exact) mass is 332 g/mol. The SMILES string of the molecule is O=C(NCc1ccc(F)cc1)c1ccc(O[C@@H]2CCSC2)nc1. The van der Waals surface area contributed by atoms with Crippen molar-refractivity contribution in [2.75, 3.05) is 11.5 Å². The molecule has 1 aromatic heterocycles. The van der Waals surface area contributed by atoms with Gasteiger partial charge in [0.1, 0.15) is 11.9 Å². The third-order valence-corrected chi connectivity index (χ3v) is 4.67. The van der Waals surface area contributed by atoms with E-state index in [0.29, 0.717) is 18.0 Å². The van der Waals surface area contributed by atoms with Crippen LogP contribution in [-0.2, 0) is 6.54 Å². The van der Waals surface area contributed by atoms with Gasteiger partial charge in [0.05, 0.1) is 5.56 Å². The number of aromatic nitrogens is 1. The summed E-state index contributed by atoms with van der Waals surface area (Å²) >= 11 is 1.87. The number of pyridine rings is 1. The van der Waals surface area contributed by atoms with Gasteiger partial charge in [-0.3, -0.25) is 4.79 Å². The van der Waals surface area contributed by atoms with Gasteiger partial charge in [0.25, 0.3) is 5.91 Å². The standard InChI is InChI=1S/C17H17FN2O2S/c18-14-4-1-12(2-5-14)9-20-17(21)13-3-6-16(19-10-13)22-15-7-8-23-11-15/h1-6,10,15H,7-9,11H2,(H,20,21)/t15-/m1/s1. The molecule has 3 rings (SSSR count). The number of hydrogen-bond acceptors (Lipinski definition) is 4. The van der Waals surface area contributed by atoms with E-state index in [0.717, 1.165) is 23.5 Å². The fraction of sp³-hybridized carbons (Fsp3) is 0.294. The Bertz CT molecular complexity index is 655. The highest BCUT2D eigenvalue weighted by Crippen LogP contribution is 2.21. The zero-order valence-corrected chi connectivity index (χ0v) is 13.3. The Kier molecular flexibility index (Phi) is 5.12. The maximum Gasteiger partial charge on any atom is 0.253 e. The third kappa shape index (κ3) is 4.45. The largest absolute Gasteiger partial charge is 0.473 e. The fourth-order valence-corrected chi connectivity index (χ4v) is 3.34. The second-order valence-corrected chi connectivity index (χ2v) is 6.45. The van der Waals surface area contributed by atoms with E-state index in [1.54, 1.807) is 24.3 Å². The molecule has 0 bridgehead atoms. The number of rotatable bonds is 5. The lowest BCUT2D eigenvalue weighted by Crippen LogP contribution is -2.23. The highest BCUT2D eigenvalue weighted by molar-refractivity contribution is 7.99. The highest BCUT2D eigenvalue weighted by Gasteiger charge is 2.17. The van der Waals surface area contributed by atoms with Crippen LogP contribution in [0, 0.1) is 5.82 Å². The Labute approximate surface area is 138 Å². The summed E-state index contributed by atoms with van der Waals surface area (Å²) in [6, 6.07) is 9.45. The van der Waals surface area contributed by atoms with E-state index < -0.39 is 0 Å². The van der Waals surface area contributed by atoms with Crippen molar-refractivity contribution in [3.63, 3.8) is 0 Å². The zero-order chi connectivity index (χ0) is 16.1. The summed E-state index contributed by atoms with van der Waals surface area (Å²) in [5, 5.41) is 2.78. The van der Waals surface area contributed by atoms with Gasteiger partial charge in [0, 0.05) is 24.6 Å². The summed E-state index contributed by atoms with van der Waals surface area (Å²) in [7, 11) is 0. The molecule has 0 radical (unpaired) electrons. The molecule has 2 heterocycles. The van der Waals surface area contributed by atoms with Crippen molar-refractivity contribution in [1.29, 1.82) is 0 Å². The molecule has 0 unspecified atom stereocenters. The lowest BCUT2D eigenvalue weighted by Gasteiger charge is -2.11. The molecule has 0 aliphatic carbocycles. The maximum absolute atomic E-state index is 12.8. The molecule has 1 amide bonds. The molecule has 0 saturated carbocycles. The molecular weight excluding hydrogens is 315 g/mol. The van der Waals surface area contributed by atoms with Gasteiger partial charge in [0.15, 0.2) is 0 Å². The Morgan fingerprint density at radius 2 is 2.13 bits per heavy atom. The average molecular weight is 332 g/mol. The van der Waals surface area contributed by atoms with Crippen molar-refractivity contribution in [2.45, 2.75) is 19.1 Å². The second-order valence-electron chi connectivity index (χ2n) is 5.30.